The maximum Gasteiger partial charge on any atom is 0.390 e. The number of hydrogen-bond donors (Lipinski definition) is 1. The van der Waals surface area contributed by atoms with Crippen LogP contribution >= 0.6 is 0 Å². The molecular formula is C10H12N4O2. The Morgan fingerprint density at radius 2 is 2.38 bits per heavy atom. The van der Waals surface area contributed by atoms with E-state index in [0.29, 0.717) is 24.3 Å². The smallest absolute Gasteiger partial charge is 0.358 e. The molecule has 2 N–H and O–H groups in total. The lowest BCUT2D eigenvalue weighted by molar-refractivity contribution is -0.387. The molecule has 0 aliphatic carbocycles. The van der Waals surface area contributed by atoms with Gasteiger partial charge in [-0.25, -0.2) is 0 Å². The van der Waals surface area contributed by atoms with Gasteiger partial charge in [0, 0.05) is 19.2 Å². The van der Waals surface area contributed by atoms with Crippen molar-refractivity contribution in [3.63, 3.8) is 0 Å². The molecule has 0 unspecified atom stereocenters. The van der Waals surface area contributed by atoms with Gasteiger partial charge >= 0.3 is 5.82 Å². The Hall–Kier alpha value is -1.95. The van der Waals surface area contributed by atoms with Gasteiger partial charge in [0.25, 0.3) is 0 Å². The highest BCUT2D eigenvalue weighted by molar-refractivity contribution is 5.67. The molecule has 2 aromatic rings. The van der Waals surface area contributed by atoms with Crippen molar-refractivity contribution in [3.8, 4) is 0 Å². The van der Waals surface area contributed by atoms with E-state index in [2.05, 4.69) is 4.98 Å². The molecular weight excluding hydrogens is 208 g/mol. The van der Waals surface area contributed by atoms with Gasteiger partial charge in [-0.05, 0) is 28.5 Å². The molecule has 2 heterocycles. The van der Waals surface area contributed by atoms with Crippen LogP contribution < -0.4 is 5.73 Å². The van der Waals surface area contributed by atoms with Gasteiger partial charge in [0.2, 0.25) is 5.82 Å². The van der Waals surface area contributed by atoms with E-state index in [9.17, 15) is 10.1 Å². The summed E-state index contributed by atoms with van der Waals surface area (Å²) in [7, 11) is 0. The van der Waals surface area contributed by atoms with Crippen LogP contribution in [0, 0.1) is 17.0 Å². The Labute approximate surface area is 91.9 Å². The molecule has 0 atom stereocenters. The van der Waals surface area contributed by atoms with Crippen molar-refractivity contribution in [2.24, 2.45) is 5.73 Å². The third-order valence-corrected chi connectivity index (χ3v) is 2.46. The topological polar surface area (TPSA) is 86.5 Å². The molecule has 0 bridgehead atoms. The van der Waals surface area contributed by atoms with Crippen molar-refractivity contribution in [3.05, 3.63) is 39.8 Å². The number of hydrogen-bond acceptors (Lipinski definition) is 4. The number of nitrogens with two attached hydrogens (primary N) is 1. The maximum absolute atomic E-state index is 10.9. The van der Waals surface area contributed by atoms with Gasteiger partial charge in [0.1, 0.15) is 5.52 Å². The van der Waals surface area contributed by atoms with E-state index >= 15 is 0 Å². The Morgan fingerprint density at radius 3 is 3.00 bits per heavy atom. The number of aryl methyl sites for hydroxylation is 1. The zero-order valence-corrected chi connectivity index (χ0v) is 8.88. The Bertz CT molecular complexity index is 547. The fourth-order valence-corrected chi connectivity index (χ4v) is 1.78. The minimum Gasteiger partial charge on any atom is -0.358 e. The Balaban J connectivity index is 2.76. The van der Waals surface area contributed by atoms with E-state index in [1.54, 1.807) is 10.6 Å². The maximum atomic E-state index is 10.9. The van der Waals surface area contributed by atoms with Gasteiger partial charge in [-0.15, -0.1) is 0 Å². The lowest BCUT2D eigenvalue weighted by Crippen LogP contribution is -2.06. The highest BCUT2D eigenvalue weighted by atomic mass is 16.6. The van der Waals surface area contributed by atoms with Crippen molar-refractivity contribution < 1.29 is 4.92 Å². The normalized spacial score (nSPS) is 10.9. The van der Waals surface area contributed by atoms with Crippen molar-refractivity contribution in [2.75, 3.05) is 6.54 Å². The highest BCUT2D eigenvalue weighted by Crippen LogP contribution is 2.23. The lowest BCUT2D eigenvalue weighted by atomic mass is 10.2. The molecule has 0 saturated carbocycles. The number of nitro groups is 1. The zero-order valence-electron chi connectivity index (χ0n) is 8.88. The SMILES string of the molecule is Cc1cccn2c(CCN)nc([N+](=O)[O-])c12. The number of aromatic nitrogens is 2. The molecule has 16 heavy (non-hydrogen) atoms. The van der Waals surface area contributed by atoms with Crippen LogP contribution in [0.2, 0.25) is 0 Å². The quantitative estimate of drug-likeness (QED) is 0.618. The van der Waals surface area contributed by atoms with Gasteiger partial charge < -0.3 is 15.8 Å². The van der Waals surface area contributed by atoms with Gasteiger partial charge in [0.15, 0.2) is 0 Å². The molecule has 0 fully saturated rings. The van der Waals surface area contributed by atoms with Gasteiger partial charge in [0.05, 0.1) is 0 Å². The predicted octanol–water partition coefficient (Wildman–Crippen LogP) is 1.05. The van der Waals surface area contributed by atoms with Crippen molar-refractivity contribution in [1.29, 1.82) is 0 Å². The molecule has 0 radical (unpaired) electrons. The second-order valence-electron chi connectivity index (χ2n) is 3.56. The molecule has 2 aromatic heterocycles. The first-order valence-electron chi connectivity index (χ1n) is 4.96. The van der Waals surface area contributed by atoms with Gasteiger partial charge in [-0.3, -0.25) is 4.40 Å². The first kappa shape index (κ1) is 10.6. The van der Waals surface area contributed by atoms with E-state index < -0.39 is 4.92 Å². The van der Waals surface area contributed by atoms with Crippen LogP contribution in [0.25, 0.3) is 5.52 Å². The Morgan fingerprint density at radius 1 is 1.62 bits per heavy atom. The van der Waals surface area contributed by atoms with E-state index in [-0.39, 0.29) is 5.82 Å². The first-order valence-corrected chi connectivity index (χ1v) is 4.96. The summed E-state index contributed by atoms with van der Waals surface area (Å²) in [5.41, 5.74) is 6.84. The molecule has 6 heteroatoms. The summed E-state index contributed by atoms with van der Waals surface area (Å²) in [5, 5.41) is 10.9. The van der Waals surface area contributed by atoms with Crippen molar-refractivity contribution in [1.82, 2.24) is 9.38 Å². The summed E-state index contributed by atoms with van der Waals surface area (Å²) in [6.45, 7) is 2.25. The fraction of sp³-hybridized carbons (Fsp3) is 0.300. The van der Waals surface area contributed by atoms with Crippen molar-refractivity contribution in [2.45, 2.75) is 13.3 Å². The number of rotatable bonds is 3. The van der Waals surface area contributed by atoms with Crippen LogP contribution in [0.5, 0.6) is 0 Å². The predicted molar refractivity (Wildman–Crippen MR) is 59.3 cm³/mol. The van der Waals surface area contributed by atoms with Crippen LogP contribution in [0.3, 0.4) is 0 Å². The highest BCUT2D eigenvalue weighted by Gasteiger charge is 2.22. The number of fused-ring (bicyclic) bond motifs is 1. The van der Waals surface area contributed by atoms with Gasteiger partial charge in [-0.2, -0.15) is 0 Å². The molecule has 84 valence electrons. The number of pyridine rings is 1. The molecule has 6 nitrogen and oxygen atoms in total. The summed E-state index contributed by atoms with van der Waals surface area (Å²) < 4.78 is 1.74. The second kappa shape index (κ2) is 3.90. The lowest BCUT2D eigenvalue weighted by Gasteiger charge is -1.98. The monoisotopic (exact) mass is 220 g/mol. The average Bonchev–Trinajstić information content (AvgIpc) is 2.60. The zero-order chi connectivity index (χ0) is 11.7. The largest absolute Gasteiger partial charge is 0.390 e. The summed E-state index contributed by atoms with van der Waals surface area (Å²) in [5.74, 6) is 0.537. The van der Waals surface area contributed by atoms with Crippen LogP contribution in [0.15, 0.2) is 18.3 Å². The summed E-state index contributed by atoms with van der Waals surface area (Å²) in [6.07, 6.45) is 2.30. The molecule has 0 saturated heterocycles. The summed E-state index contributed by atoms with van der Waals surface area (Å²) in [6, 6.07) is 3.67. The van der Waals surface area contributed by atoms with E-state index in [0.717, 1.165) is 5.56 Å². The molecule has 2 rings (SSSR count). The minimum atomic E-state index is -0.456. The van der Waals surface area contributed by atoms with Crippen LogP contribution in [0.4, 0.5) is 5.82 Å². The third-order valence-electron chi connectivity index (χ3n) is 2.46. The minimum absolute atomic E-state index is 0.0958. The van der Waals surface area contributed by atoms with Crippen LogP contribution in [-0.2, 0) is 6.42 Å². The van der Waals surface area contributed by atoms with Crippen LogP contribution in [0.1, 0.15) is 11.4 Å². The van der Waals surface area contributed by atoms with E-state index in [1.165, 1.54) is 0 Å². The summed E-state index contributed by atoms with van der Waals surface area (Å²) in [4.78, 5) is 14.5. The molecule has 0 amide bonds. The number of nitrogens with zero attached hydrogens (tertiary/aromatic N) is 3. The second-order valence-corrected chi connectivity index (χ2v) is 3.56. The number of imidazole rings is 1. The molecule has 0 aliphatic rings. The molecule has 0 aliphatic heterocycles. The average molecular weight is 220 g/mol. The fourth-order valence-electron chi connectivity index (χ4n) is 1.78. The molecule has 0 aromatic carbocycles. The van der Waals surface area contributed by atoms with Crippen molar-refractivity contribution >= 4 is 11.3 Å². The summed E-state index contributed by atoms with van der Waals surface area (Å²) >= 11 is 0. The molecule has 0 spiro atoms. The Kier molecular flexibility index (Phi) is 2.57. The van der Waals surface area contributed by atoms with Gasteiger partial charge in [-0.1, -0.05) is 6.07 Å². The van der Waals surface area contributed by atoms with E-state index in [1.807, 2.05) is 19.1 Å². The third kappa shape index (κ3) is 1.53. The first-order chi connectivity index (χ1) is 7.65. The van der Waals surface area contributed by atoms with E-state index in [4.69, 9.17) is 5.73 Å². The standard InChI is InChI=1S/C10H12N4O2/c1-7-3-2-6-13-8(4-5-11)12-10(9(7)13)14(15)16/h2-3,6H,4-5,11H2,1H3. The van der Waals surface area contributed by atoms with Crippen LogP contribution in [-0.4, -0.2) is 20.9 Å².